The van der Waals surface area contributed by atoms with Gasteiger partial charge in [0.1, 0.15) is 0 Å². The molecule has 0 aromatic heterocycles. The fraction of sp³-hybridized carbons (Fsp3) is 0.600. The molecule has 0 amide bonds. The molecule has 0 aliphatic heterocycles. The van der Waals surface area contributed by atoms with E-state index in [1.165, 1.54) is 0 Å². The van der Waals surface area contributed by atoms with Gasteiger partial charge in [0.05, 0.1) is 19.0 Å². The fourth-order valence-electron chi connectivity index (χ4n) is 0.842. The third-order valence-corrected chi connectivity index (χ3v) is 1.81. The standard InChI is InChI=1S/C10H19N3O/c1-8(10(3)13-7-11)5-12-9(2)6-14-4/h5,7,9H,6H2,1-4H3,(H2,11,13)/t9-/m1/s1. The van der Waals surface area contributed by atoms with Gasteiger partial charge in [0.15, 0.2) is 0 Å². The zero-order valence-corrected chi connectivity index (χ0v) is 9.29. The van der Waals surface area contributed by atoms with E-state index in [2.05, 4.69) is 10.3 Å². The number of nitrogens with zero attached hydrogens (tertiary/aromatic N) is 1. The number of methoxy groups -OCH3 is 1. The first-order chi connectivity index (χ1) is 6.61. The van der Waals surface area contributed by atoms with Gasteiger partial charge < -0.3 is 10.1 Å². The van der Waals surface area contributed by atoms with E-state index in [0.717, 1.165) is 17.6 Å². The van der Waals surface area contributed by atoms with Crippen molar-refractivity contribution in [2.45, 2.75) is 26.8 Å². The first-order valence-electron chi connectivity index (χ1n) is 4.56. The minimum absolute atomic E-state index is 0.169. The highest BCUT2D eigenvalue weighted by molar-refractivity contribution is 5.79. The van der Waals surface area contributed by atoms with Crippen LogP contribution in [0.2, 0.25) is 0 Å². The monoisotopic (exact) mass is 197 g/mol. The molecule has 0 aromatic rings. The highest BCUT2D eigenvalue weighted by Crippen LogP contribution is 1.97. The number of nitrogens with one attached hydrogen (secondary N) is 2. The molecular weight excluding hydrogens is 178 g/mol. The van der Waals surface area contributed by atoms with Crippen LogP contribution in [0.15, 0.2) is 16.3 Å². The second-order valence-corrected chi connectivity index (χ2v) is 3.18. The smallest absolute Gasteiger partial charge is 0.0832 e. The van der Waals surface area contributed by atoms with Crippen molar-refractivity contribution in [1.29, 1.82) is 5.41 Å². The van der Waals surface area contributed by atoms with Gasteiger partial charge in [0.2, 0.25) is 0 Å². The molecule has 0 radical (unpaired) electrons. The minimum Gasteiger partial charge on any atom is -0.382 e. The highest BCUT2D eigenvalue weighted by Gasteiger charge is 1.96. The van der Waals surface area contributed by atoms with E-state index in [1.54, 1.807) is 13.3 Å². The van der Waals surface area contributed by atoms with Crippen molar-refractivity contribution in [3.05, 3.63) is 11.3 Å². The Morgan fingerprint density at radius 1 is 1.57 bits per heavy atom. The molecule has 4 nitrogen and oxygen atoms in total. The summed E-state index contributed by atoms with van der Waals surface area (Å²) in [5, 5.41) is 9.67. The lowest BCUT2D eigenvalue weighted by molar-refractivity contribution is 0.186. The molecule has 0 aromatic carbocycles. The summed E-state index contributed by atoms with van der Waals surface area (Å²) >= 11 is 0. The van der Waals surface area contributed by atoms with Gasteiger partial charge in [-0.3, -0.25) is 10.4 Å². The Morgan fingerprint density at radius 2 is 2.21 bits per heavy atom. The van der Waals surface area contributed by atoms with Crippen molar-refractivity contribution in [3.8, 4) is 0 Å². The second-order valence-electron chi connectivity index (χ2n) is 3.18. The average Bonchev–Trinajstić information content (AvgIpc) is 2.15. The molecule has 14 heavy (non-hydrogen) atoms. The van der Waals surface area contributed by atoms with Crippen LogP contribution < -0.4 is 5.32 Å². The largest absolute Gasteiger partial charge is 0.382 e. The van der Waals surface area contributed by atoms with E-state index in [9.17, 15) is 0 Å². The lowest BCUT2D eigenvalue weighted by Crippen LogP contribution is -2.11. The number of hydrogen-bond donors (Lipinski definition) is 2. The molecule has 0 heterocycles. The SMILES string of the molecule is COC[C@@H](C)N=CC(C)=C(C)NC=N. The molecule has 4 heteroatoms. The van der Waals surface area contributed by atoms with Crippen molar-refractivity contribution >= 4 is 12.6 Å². The summed E-state index contributed by atoms with van der Waals surface area (Å²) in [6, 6.07) is 0.169. The van der Waals surface area contributed by atoms with E-state index in [1.807, 2.05) is 20.8 Å². The summed E-state index contributed by atoms with van der Waals surface area (Å²) in [5.41, 5.74) is 1.96. The molecule has 0 aliphatic carbocycles. The van der Waals surface area contributed by atoms with Crippen LogP contribution >= 0.6 is 0 Å². The normalized spacial score (nSPS) is 15.1. The minimum atomic E-state index is 0.169. The van der Waals surface area contributed by atoms with E-state index in [4.69, 9.17) is 10.1 Å². The summed E-state index contributed by atoms with van der Waals surface area (Å²) in [4.78, 5) is 4.29. The van der Waals surface area contributed by atoms with Gasteiger partial charge in [0, 0.05) is 19.0 Å². The molecule has 80 valence electrons. The summed E-state index contributed by atoms with van der Waals surface area (Å²) in [6.07, 6.45) is 2.96. The number of aliphatic imine (C=N–C) groups is 1. The first-order valence-corrected chi connectivity index (χ1v) is 4.56. The van der Waals surface area contributed by atoms with E-state index in [-0.39, 0.29) is 6.04 Å². The Kier molecular flexibility index (Phi) is 6.66. The maximum Gasteiger partial charge on any atom is 0.0832 e. The highest BCUT2D eigenvalue weighted by atomic mass is 16.5. The Bertz CT molecular complexity index is 234. The van der Waals surface area contributed by atoms with Gasteiger partial charge in [-0.15, -0.1) is 0 Å². The molecule has 0 fully saturated rings. The van der Waals surface area contributed by atoms with Gasteiger partial charge in [-0.1, -0.05) is 0 Å². The summed E-state index contributed by atoms with van der Waals surface area (Å²) < 4.78 is 4.96. The van der Waals surface area contributed by atoms with Crippen molar-refractivity contribution in [2.24, 2.45) is 4.99 Å². The summed E-state index contributed by atoms with van der Waals surface area (Å²) in [6.45, 7) is 6.48. The van der Waals surface area contributed by atoms with Crippen molar-refractivity contribution in [1.82, 2.24) is 5.32 Å². The Balaban J connectivity index is 4.21. The van der Waals surface area contributed by atoms with E-state index < -0.39 is 0 Å². The van der Waals surface area contributed by atoms with Crippen LogP contribution in [0.5, 0.6) is 0 Å². The predicted octanol–water partition coefficient (Wildman–Crippen LogP) is 1.58. The summed E-state index contributed by atoms with van der Waals surface area (Å²) in [7, 11) is 1.66. The van der Waals surface area contributed by atoms with Crippen LogP contribution in [0.1, 0.15) is 20.8 Å². The number of allylic oxidation sites excluding steroid dienone is 2. The first kappa shape index (κ1) is 12.8. The van der Waals surface area contributed by atoms with Gasteiger partial charge in [-0.2, -0.15) is 0 Å². The quantitative estimate of drug-likeness (QED) is 0.501. The van der Waals surface area contributed by atoms with Gasteiger partial charge in [-0.25, -0.2) is 0 Å². The lowest BCUT2D eigenvalue weighted by atomic mass is 10.2. The van der Waals surface area contributed by atoms with Gasteiger partial charge in [-0.05, 0) is 26.3 Å². The van der Waals surface area contributed by atoms with E-state index >= 15 is 0 Å². The molecule has 0 rings (SSSR count). The van der Waals surface area contributed by atoms with Gasteiger partial charge in [0.25, 0.3) is 0 Å². The van der Waals surface area contributed by atoms with Crippen molar-refractivity contribution in [2.75, 3.05) is 13.7 Å². The molecule has 0 bridgehead atoms. The zero-order chi connectivity index (χ0) is 11.0. The van der Waals surface area contributed by atoms with Crippen LogP contribution in [0, 0.1) is 5.41 Å². The van der Waals surface area contributed by atoms with Crippen molar-refractivity contribution < 1.29 is 4.74 Å². The molecular formula is C10H19N3O. The number of hydrogen-bond acceptors (Lipinski definition) is 3. The summed E-state index contributed by atoms with van der Waals surface area (Å²) in [5.74, 6) is 0. The fourth-order valence-corrected chi connectivity index (χ4v) is 0.842. The molecule has 0 aliphatic rings. The average molecular weight is 197 g/mol. The second kappa shape index (κ2) is 7.26. The maximum absolute atomic E-state index is 6.87. The van der Waals surface area contributed by atoms with E-state index in [0.29, 0.717) is 6.61 Å². The molecule has 1 atom stereocenters. The van der Waals surface area contributed by atoms with Gasteiger partial charge >= 0.3 is 0 Å². The maximum atomic E-state index is 6.87. The number of ether oxygens (including phenoxy) is 1. The molecule has 2 N–H and O–H groups in total. The topological polar surface area (TPSA) is 57.5 Å². The lowest BCUT2D eigenvalue weighted by Gasteiger charge is -2.05. The zero-order valence-electron chi connectivity index (χ0n) is 9.29. The third kappa shape index (κ3) is 5.48. The molecule has 0 saturated heterocycles. The van der Waals surface area contributed by atoms with Crippen LogP contribution in [-0.4, -0.2) is 32.3 Å². The van der Waals surface area contributed by atoms with Crippen LogP contribution in [-0.2, 0) is 4.74 Å². The number of rotatable bonds is 6. The van der Waals surface area contributed by atoms with Crippen LogP contribution in [0.3, 0.4) is 0 Å². The third-order valence-electron chi connectivity index (χ3n) is 1.81. The van der Waals surface area contributed by atoms with Crippen LogP contribution in [0.25, 0.3) is 0 Å². The van der Waals surface area contributed by atoms with Crippen LogP contribution in [0.4, 0.5) is 0 Å². The predicted molar refractivity (Wildman–Crippen MR) is 60.1 cm³/mol. The Hall–Kier alpha value is -1.16. The molecule has 0 saturated carbocycles. The molecule has 0 unspecified atom stereocenters. The Morgan fingerprint density at radius 3 is 2.71 bits per heavy atom. The molecule has 0 spiro atoms. The Labute approximate surface area is 85.6 Å². The van der Waals surface area contributed by atoms with Crippen molar-refractivity contribution in [3.63, 3.8) is 0 Å².